The first-order valence-electron chi connectivity index (χ1n) is 9.27. The molecule has 0 bridgehead atoms. The van der Waals surface area contributed by atoms with Gasteiger partial charge in [-0.2, -0.15) is 0 Å². The fraction of sp³-hybridized carbons (Fsp3) is 0.0769. The van der Waals surface area contributed by atoms with Crippen LogP contribution in [0.4, 0.5) is 0 Å². The molecule has 6 nitrogen and oxygen atoms in total. The summed E-state index contributed by atoms with van der Waals surface area (Å²) < 4.78 is 39.0. The molecular formula is C26H21NO5SiW. The zero-order valence-electron chi connectivity index (χ0n) is 18.3. The Hall–Kier alpha value is -2.90. The van der Waals surface area contributed by atoms with Crippen LogP contribution in [0.15, 0.2) is 91.0 Å². The van der Waals surface area contributed by atoms with E-state index in [0.717, 1.165) is 6.54 Å². The molecule has 0 atom stereocenters. The van der Waals surface area contributed by atoms with Gasteiger partial charge in [-0.15, -0.1) is 0 Å². The third-order valence-electron chi connectivity index (χ3n) is 4.30. The van der Waals surface area contributed by atoms with E-state index in [1.165, 1.54) is 38.6 Å². The molecule has 0 saturated carbocycles. The van der Waals surface area contributed by atoms with E-state index >= 15 is 0 Å². The molecule has 0 saturated heterocycles. The fourth-order valence-electron chi connectivity index (χ4n) is 3.25. The molecule has 0 unspecified atom stereocenters. The summed E-state index contributed by atoms with van der Waals surface area (Å²) >= 11 is 1.52. The zero-order chi connectivity index (χ0) is 26.8. The van der Waals surface area contributed by atoms with Crippen molar-refractivity contribution in [3.8, 4) is 0 Å². The summed E-state index contributed by atoms with van der Waals surface area (Å²) in [5.41, 5.74) is 0. The van der Waals surface area contributed by atoms with Crippen molar-refractivity contribution in [3.05, 3.63) is 124 Å². The van der Waals surface area contributed by atoms with Gasteiger partial charge in [0.15, 0.2) is 0 Å². The maximum absolute atomic E-state index is 7.50. The van der Waals surface area contributed by atoms with E-state index in [4.69, 9.17) is 23.3 Å². The molecule has 3 rings (SSSR count). The number of hydrogen-bond donors (Lipinski definition) is 1. The van der Waals surface area contributed by atoms with Crippen molar-refractivity contribution in [2.45, 2.75) is 6.92 Å². The van der Waals surface area contributed by atoms with Crippen molar-refractivity contribution in [1.29, 1.82) is 0 Å². The maximum atomic E-state index is 7.50. The Bertz CT molecular complexity index is 886. The Kier molecular flexibility index (Phi) is 26.0. The summed E-state index contributed by atoms with van der Waals surface area (Å²) in [4.78, 5) is 0. The molecule has 170 valence electrons. The second-order valence-corrected chi connectivity index (χ2v) is 12.3. The summed E-state index contributed by atoms with van der Waals surface area (Å²) in [5, 5.41) is 8.01. The molecule has 3 aromatic carbocycles. The average Bonchev–Trinajstić information content (AvgIpc) is 2.97. The van der Waals surface area contributed by atoms with Crippen LogP contribution >= 0.6 is 0 Å². The van der Waals surface area contributed by atoms with E-state index < -0.39 is 8.07 Å². The van der Waals surface area contributed by atoms with Gasteiger partial charge in [0, 0.05) is 0 Å². The van der Waals surface area contributed by atoms with Crippen molar-refractivity contribution in [1.82, 2.24) is 5.32 Å². The van der Waals surface area contributed by atoms with Gasteiger partial charge in [-0.05, 0) is 0 Å². The quantitative estimate of drug-likeness (QED) is 0.189. The van der Waals surface area contributed by atoms with Gasteiger partial charge < -0.3 is 0 Å². The van der Waals surface area contributed by atoms with Crippen LogP contribution in [0.3, 0.4) is 0 Å². The van der Waals surface area contributed by atoms with Crippen molar-refractivity contribution in [2.75, 3.05) is 6.54 Å². The topological polar surface area (TPSA) is 112 Å². The molecule has 0 aliphatic rings. The van der Waals surface area contributed by atoms with Crippen LogP contribution in [0.1, 0.15) is 6.92 Å². The summed E-state index contributed by atoms with van der Waals surface area (Å²) in [6.45, 7) is 25.6. The summed E-state index contributed by atoms with van der Waals surface area (Å²) in [6.07, 6.45) is 0. The van der Waals surface area contributed by atoms with Gasteiger partial charge in [0.2, 0.25) is 0 Å². The SMILES string of the molecule is CCN[C](=[W])[Si](c1ccccc1)(c1ccccc1)c1ccccc1.[C-]#[O+].[C-]#[O+].[C-]#[O+].[C-]#[O+].[C-]#[O+]. The molecule has 0 aliphatic carbocycles. The predicted octanol–water partition coefficient (Wildman–Crippen LogP) is 1.79. The van der Waals surface area contributed by atoms with E-state index in [-0.39, 0.29) is 0 Å². The minimum absolute atomic E-state index is 0.958. The normalized spacial score (nSPS) is 8.21. The number of nitrogens with one attached hydrogen (secondary N) is 1. The molecule has 3 aromatic rings. The average molecular weight is 639 g/mol. The molecule has 0 aromatic heterocycles. The summed E-state index contributed by atoms with van der Waals surface area (Å²) in [7, 11) is -2.21. The van der Waals surface area contributed by atoms with Crippen molar-refractivity contribution in [3.63, 3.8) is 0 Å². The Balaban J connectivity index is -0.000000854. The van der Waals surface area contributed by atoms with Crippen LogP contribution in [0.5, 0.6) is 0 Å². The molecule has 0 radical (unpaired) electrons. The van der Waals surface area contributed by atoms with Gasteiger partial charge >= 0.3 is 213 Å². The second kappa shape index (κ2) is 24.7. The van der Waals surface area contributed by atoms with Crippen LogP contribution in [-0.4, -0.2) is 18.3 Å². The van der Waals surface area contributed by atoms with Gasteiger partial charge in [-0.25, -0.2) is 0 Å². The molecule has 0 spiro atoms. The fourth-order valence-corrected chi connectivity index (χ4v) is 11.9. The van der Waals surface area contributed by atoms with Gasteiger partial charge in [0.1, 0.15) is 0 Å². The number of benzene rings is 3. The summed E-state index contributed by atoms with van der Waals surface area (Å²) in [5.74, 6) is 0. The Morgan fingerprint density at radius 1 is 0.588 bits per heavy atom. The molecular weight excluding hydrogens is 618 g/mol. The molecule has 0 aliphatic heterocycles. The van der Waals surface area contributed by atoms with Crippen molar-refractivity contribution in [2.24, 2.45) is 0 Å². The van der Waals surface area contributed by atoms with E-state index in [9.17, 15) is 0 Å². The standard InChI is InChI=1S/C21H21NSi.5CO.W/c1-2-22-18-23(19-12-6-3-7-13-19,20-14-8-4-9-15-20)21-16-10-5-11-17-21;5*1-2;/h3-17,22H,2H2,1H3;;;;;;. The third kappa shape index (κ3) is 9.93. The third-order valence-corrected chi connectivity index (χ3v) is 12.6. The van der Waals surface area contributed by atoms with E-state index in [2.05, 4.69) is 136 Å². The first-order valence-corrected chi connectivity index (χ1v) is 12.7. The van der Waals surface area contributed by atoms with Crippen molar-refractivity contribution < 1.29 is 42.6 Å². The van der Waals surface area contributed by atoms with E-state index in [1.807, 2.05) is 0 Å². The number of rotatable bonds is 6. The van der Waals surface area contributed by atoms with Gasteiger partial charge in [-0.1, -0.05) is 0 Å². The summed E-state index contributed by atoms with van der Waals surface area (Å²) in [6, 6.07) is 33.1. The molecule has 34 heavy (non-hydrogen) atoms. The van der Waals surface area contributed by atoms with Crippen LogP contribution in [0.2, 0.25) is 0 Å². The Morgan fingerprint density at radius 3 is 1.03 bits per heavy atom. The minimum atomic E-state index is -2.21. The van der Waals surface area contributed by atoms with Crippen LogP contribution in [0, 0.1) is 33.3 Å². The van der Waals surface area contributed by atoms with Crippen LogP contribution in [-0.2, 0) is 42.6 Å². The molecule has 0 fully saturated rings. The van der Waals surface area contributed by atoms with Crippen LogP contribution < -0.4 is 20.9 Å². The van der Waals surface area contributed by atoms with E-state index in [1.54, 1.807) is 0 Å². The monoisotopic (exact) mass is 639 g/mol. The van der Waals surface area contributed by atoms with Crippen molar-refractivity contribution >= 4 is 27.3 Å². The molecule has 0 heterocycles. The zero-order valence-corrected chi connectivity index (χ0v) is 22.3. The predicted molar refractivity (Wildman–Crippen MR) is 122 cm³/mol. The Labute approximate surface area is 212 Å². The first kappa shape index (κ1) is 35.7. The van der Waals surface area contributed by atoms with E-state index in [0.29, 0.717) is 0 Å². The Morgan fingerprint density at radius 2 is 0.824 bits per heavy atom. The second-order valence-electron chi connectivity index (χ2n) is 5.71. The number of hydrogen-bond acceptors (Lipinski definition) is 1. The van der Waals surface area contributed by atoms with Gasteiger partial charge in [0.25, 0.3) is 0 Å². The van der Waals surface area contributed by atoms with Gasteiger partial charge in [-0.3, -0.25) is 0 Å². The molecule has 0 amide bonds. The van der Waals surface area contributed by atoms with Crippen LogP contribution in [0.25, 0.3) is 0 Å². The molecule has 8 heteroatoms. The first-order chi connectivity index (χ1) is 16.8. The van der Waals surface area contributed by atoms with Gasteiger partial charge in [0.05, 0.1) is 0 Å². The molecule has 1 N–H and O–H groups in total.